The molecule has 1 aliphatic heterocycles. The summed E-state index contributed by atoms with van der Waals surface area (Å²) >= 11 is 7.34. The van der Waals surface area contributed by atoms with Gasteiger partial charge in [-0.05, 0) is 74.1 Å². The third-order valence-corrected chi connectivity index (χ3v) is 9.59. The van der Waals surface area contributed by atoms with Crippen LogP contribution in [0.2, 0.25) is 0 Å². The molecule has 0 aromatic heterocycles. The molecule has 0 saturated carbocycles. The van der Waals surface area contributed by atoms with Crippen molar-refractivity contribution in [3.8, 4) is 22.3 Å². The molecular weight excluding hydrogens is 528 g/mol. The maximum absolute atomic E-state index is 3.62. The Balaban J connectivity index is 1.49. The minimum atomic E-state index is 1.13. The minimum absolute atomic E-state index is 1.13. The standard InChI is InChI=1S/C32H19BrS2/c33-22-15-17-28-30(19-22)35-27-16-14-21(18-29(27)34-28)32-25-12-6-4-10-23(25)31(20-8-2-1-3-9-20)24-11-5-7-13-26(24)32/h1-19H. The quantitative estimate of drug-likeness (QED) is 0.198. The summed E-state index contributed by atoms with van der Waals surface area (Å²) in [5.74, 6) is 0. The zero-order valence-corrected chi connectivity index (χ0v) is 21.9. The van der Waals surface area contributed by atoms with Gasteiger partial charge in [0.15, 0.2) is 0 Å². The van der Waals surface area contributed by atoms with E-state index in [1.807, 2.05) is 23.5 Å². The molecule has 1 aliphatic rings. The number of halogens is 1. The lowest BCUT2D eigenvalue weighted by molar-refractivity contribution is 1.15. The van der Waals surface area contributed by atoms with E-state index in [1.54, 1.807) is 0 Å². The van der Waals surface area contributed by atoms with E-state index in [0.29, 0.717) is 0 Å². The van der Waals surface area contributed by atoms with Gasteiger partial charge in [-0.15, -0.1) is 0 Å². The summed E-state index contributed by atoms with van der Waals surface area (Å²) in [5.41, 5.74) is 5.14. The first-order valence-corrected chi connectivity index (χ1v) is 14.0. The lowest BCUT2D eigenvalue weighted by atomic mass is 9.86. The normalized spacial score (nSPS) is 12.5. The molecule has 0 fully saturated rings. The maximum Gasteiger partial charge on any atom is 0.0273 e. The van der Waals surface area contributed by atoms with E-state index in [-0.39, 0.29) is 0 Å². The fourth-order valence-electron chi connectivity index (χ4n) is 5.07. The highest BCUT2D eigenvalue weighted by Gasteiger charge is 2.20. The van der Waals surface area contributed by atoms with Crippen LogP contribution in [-0.4, -0.2) is 0 Å². The highest BCUT2D eigenvalue weighted by Crippen LogP contribution is 2.51. The van der Waals surface area contributed by atoms with Crippen molar-refractivity contribution in [3.63, 3.8) is 0 Å². The number of rotatable bonds is 2. The zero-order valence-electron chi connectivity index (χ0n) is 18.7. The second kappa shape index (κ2) is 8.60. The maximum atomic E-state index is 3.62. The lowest BCUT2D eigenvalue weighted by Gasteiger charge is -2.21. The Morgan fingerprint density at radius 2 is 0.886 bits per heavy atom. The molecule has 0 unspecified atom stereocenters. The van der Waals surface area contributed by atoms with Gasteiger partial charge in [0.1, 0.15) is 0 Å². The summed E-state index contributed by atoms with van der Waals surface area (Å²) in [7, 11) is 0. The summed E-state index contributed by atoms with van der Waals surface area (Å²) < 4.78 is 1.13. The van der Waals surface area contributed by atoms with E-state index < -0.39 is 0 Å². The molecule has 0 radical (unpaired) electrons. The molecule has 0 spiro atoms. The predicted octanol–water partition coefficient (Wildman–Crippen LogP) is 10.7. The van der Waals surface area contributed by atoms with Crippen molar-refractivity contribution in [1.82, 2.24) is 0 Å². The number of benzene rings is 6. The molecular formula is C32H19BrS2. The highest BCUT2D eigenvalue weighted by molar-refractivity contribution is 9.10. The summed E-state index contributed by atoms with van der Waals surface area (Å²) in [6, 6.07) is 42.0. The second-order valence-electron chi connectivity index (χ2n) is 8.66. The van der Waals surface area contributed by atoms with E-state index >= 15 is 0 Å². The highest BCUT2D eigenvalue weighted by atomic mass is 79.9. The molecule has 0 N–H and O–H groups in total. The van der Waals surface area contributed by atoms with Crippen LogP contribution in [0.1, 0.15) is 0 Å². The lowest BCUT2D eigenvalue weighted by Crippen LogP contribution is -1.93. The van der Waals surface area contributed by atoms with Gasteiger partial charge in [-0.3, -0.25) is 0 Å². The molecule has 6 aromatic carbocycles. The summed E-state index contributed by atoms with van der Waals surface area (Å²) in [6.07, 6.45) is 0. The average molecular weight is 548 g/mol. The van der Waals surface area contributed by atoms with Crippen LogP contribution in [0.25, 0.3) is 43.8 Å². The monoisotopic (exact) mass is 546 g/mol. The molecule has 7 rings (SSSR count). The van der Waals surface area contributed by atoms with Crippen molar-refractivity contribution in [2.45, 2.75) is 19.6 Å². The SMILES string of the molecule is Brc1ccc2c(c1)Sc1ccc(-c3c4ccccc4c(-c4ccccc4)c4ccccc34)cc1S2. The van der Waals surface area contributed by atoms with Gasteiger partial charge < -0.3 is 0 Å². The molecule has 0 atom stereocenters. The minimum Gasteiger partial charge on any atom is -0.0877 e. The summed E-state index contributed by atoms with van der Waals surface area (Å²) in [4.78, 5) is 5.27. The van der Waals surface area contributed by atoms with Crippen LogP contribution >= 0.6 is 39.5 Å². The van der Waals surface area contributed by atoms with Gasteiger partial charge in [-0.2, -0.15) is 0 Å². The molecule has 0 nitrogen and oxygen atoms in total. The average Bonchev–Trinajstić information content (AvgIpc) is 2.90. The first kappa shape index (κ1) is 21.3. The number of hydrogen-bond donors (Lipinski definition) is 0. The first-order valence-electron chi connectivity index (χ1n) is 11.5. The molecule has 1 heterocycles. The molecule has 6 aromatic rings. The van der Waals surface area contributed by atoms with Crippen molar-refractivity contribution in [3.05, 3.63) is 120 Å². The third-order valence-electron chi connectivity index (χ3n) is 6.57. The summed E-state index contributed by atoms with van der Waals surface area (Å²) in [5, 5.41) is 5.18. The molecule has 0 amide bonds. The zero-order chi connectivity index (χ0) is 23.4. The molecule has 0 saturated heterocycles. The van der Waals surface area contributed by atoms with Crippen LogP contribution in [0, 0.1) is 0 Å². The van der Waals surface area contributed by atoms with Crippen LogP contribution < -0.4 is 0 Å². The van der Waals surface area contributed by atoms with Crippen molar-refractivity contribution in [2.24, 2.45) is 0 Å². The van der Waals surface area contributed by atoms with Gasteiger partial charge in [-0.1, -0.05) is 124 Å². The van der Waals surface area contributed by atoms with E-state index in [2.05, 4.69) is 131 Å². The molecule has 0 bridgehead atoms. The van der Waals surface area contributed by atoms with Gasteiger partial charge in [0, 0.05) is 24.1 Å². The Hall–Kier alpha value is -2.98. The van der Waals surface area contributed by atoms with Gasteiger partial charge >= 0.3 is 0 Å². The van der Waals surface area contributed by atoms with E-state index in [9.17, 15) is 0 Å². The Labute approximate surface area is 221 Å². The van der Waals surface area contributed by atoms with Crippen molar-refractivity contribution in [1.29, 1.82) is 0 Å². The fourth-order valence-corrected chi connectivity index (χ4v) is 7.85. The Morgan fingerprint density at radius 3 is 1.49 bits per heavy atom. The van der Waals surface area contributed by atoms with Crippen molar-refractivity contribution >= 4 is 61.0 Å². The number of fused-ring (bicyclic) bond motifs is 4. The van der Waals surface area contributed by atoms with Gasteiger partial charge in [0.25, 0.3) is 0 Å². The Morgan fingerprint density at radius 1 is 0.400 bits per heavy atom. The molecule has 166 valence electrons. The van der Waals surface area contributed by atoms with E-state index in [4.69, 9.17) is 0 Å². The molecule has 3 heteroatoms. The van der Waals surface area contributed by atoms with Gasteiger partial charge in [0.05, 0.1) is 0 Å². The topological polar surface area (TPSA) is 0 Å². The van der Waals surface area contributed by atoms with Crippen molar-refractivity contribution in [2.75, 3.05) is 0 Å². The van der Waals surface area contributed by atoms with Crippen LogP contribution in [0.3, 0.4) is 0 Å². The fraction of sp³-hybridized carbons (Fsp3) is 0. The van der Waals surface area contributed by atoms with Crippen LogP contribution in [0.4, 0.5) is 0 Å². The van der Waals surface area contributed by atoms with Crippen LogP contribution in [0.15, 0.2) is 139 Å². The molecule has 35 heavy (non-hydrogen) atoms. The predicted molar refractivity (Wildman–Crippen MR) is 155 cm³/mol. The first-order chi connectivity index (χ1) is 17.3. The number of hydrogen-bond acceptors (Lipinski definition) is 2. The third kappa shape index (κ3) is 3.61. The van der Waals surface area contributed by atoms with E-state index in [1.165, 1.54) is 63.4 Å². The molecule has 0 aliphatic carbocycles. The smallest absolute Gasteiger partial charge is 0.0273 e. The van der Waals surface area contributed by atoms with Gasteiger partial charge in [0.2, 0.25) is 0 Å². The van der Waals surface area contributed by atoms with Crippen LogP contribution in [-0.2, 0) is 0 Å². The van der Waals surface area contributed by atoms with Crippen LogP contribution in [0.5, 0.6) is 0 Å². The van der Waals surface area contributed by atoms with Gasteiger partial charge in [-0.25, -0.2) is 0 Å². The largest absolute Gasteiger partial charge is 0.0877 e. The Kier molecular flexibility index (Phi) is 5.24. The van der Waals surface area contributed by atoms with E-state index in [0.717, 1.165) is 4.47 Å². The summed E-state index contributed by atoms with van der Waals surface area (Å²) in [6.45, 7) is 0. The Bertz CT molecular complexity index is 1700. The second-order valence-corrected chi connectivity index (χ2v) is 11.7. The van der Waals surface area contributed by atoms with Crippen molar-refractivity contribution < 1.29 is 0 Å².